The van der Waals surface area contributed by atoms with Crippen molar-refractivity contribution in [2.24, 2.45) is 7.05 Å². The largest absolute Gasteiger partial charge is 0.493 e. The third-order valence-corrected chi connectivity index (χ3v) is 21.5. The summed E-state index contributed by atoms with van der Waals surface area (Å²) in [5.41, 5.74) is 11.7. The van der Waals surface area contributed by atoms with Crippen LogP contribution in [0.25, 0.3) is 63.6 Å². The third kappa shape index (κ3) is 21.2. The molecule has 0 radical (unpaired) electrons. The summed E-state index contributed by atoms with van der Waals surface area (Å²) in [6, 6.07) is 46.0. The van der Waals surface area contributed by atoms with E-state index in [1.54, 1.807) is 16.0 Å². The Labute approximate surface area is 661 Å². The highest BCUT2D eigenvalue weighted by atomic mass is 32.1. The number of rotatable bonds is 18. The number of thiophene rings is 1. The SMILES string of the molecule is CC(C)(C)OC(C(=O)O)c1cc(-c2ccccc2)sc1-c1ccc2c(c1)CCCO2.CC(C)(C)OC(C(=O)O)c1nc(-c2ccccc2)sc1-c1ccc2c(c1)CCCO2.Cc1nc(C(OC(C)(C)C)C(=O)O)c(-c2ccc3c(c2)CCCO3)s1.Cc1nn(C)c(-c2ccc3c(c2)CCCO3)c1C(OC(C)(C)C)C(=O)O. The van der Waals surface area contributed by atoms with Crippen molar-refractivity contribution in [3.05, 3.63) is 195 Å². The van der Waals surface area contributed by atoms with Gasteiger partial charge in [0.1, 0.15) is 33.7 Å². The number of ether oxygens (including phenoxy) is 8. The number of thiazole rings is 2. The lowest BCUT2D eigenvalue weighted by molar-refractivity contribution is -0.161. The van der Waals surface area contributed by atoms with Crippen LogP contribution in [0, 0.1) is 13.8 Å². The fourth-order valence-corrected chi connectivity index (χ4v) is 16.7. The molecular weight excluding hydrogens is 1470 g/mol. The van der Waals surface area contributed by atoms with Crippen LogP contribution in [0.4, 0.5) is 0 Å². The maximum atomic E-state index is 12.2. The number of nitrogens with zero attached hydrogens (tertiary/aromatic N) is 4. The van der Waals surface area contributed by atoms with Gasteiger partial charge in [-0.3, -0.25) is 4.68 Å². The Hall–Kier alpha value is -9.59. The number of aromatic nitrogens is 4. The van der Waals surface area contributed by atoms with Gasteiger partial charge in [0, 0.05) is 39.1 Å². The minimum Gasteiger partial charge on any atom is -0.493 e. The van der Waals surface area contributed by atoms with Gasteiger partial charge < -0.3 is 58.3 Å². The second-order valence-corrected chi connectivity index (χ2v) is 34.9. The van der Waals surface area contributed by atoms with E-state index in [0.29, 0.717) is 28.2 Å². The molecule has 0 spiro atoms. The van der Waals surface area contributed by atoms with Crippen molar-refractivity contribution in [2.75, 3.05) is 26.4 Å². The van der Waals surface area contributed by atoms with Gasteiger partial charge in [-0.1, -0.05) is 60.7 Å². The van der Waals surface area contributed by atoms with E-state index in [4.69, 9.17) is 42.9 Å². The molecule has 4 N–H and O–H groups in total. The molecular formula is C88H100N4O16S3. The Morgan fingerprint density at radius 3 is 1.19 bits per heavy atom. The number of carbonyl (C=O) groups is 4. The molecule has 0 saturated heterocycles. The van der Waals surface area contributed by atoms with Gasteiger partial charge in [-0.05, 0) is 272 Å². The number of carboxylic acids is 4. The second-order valence-electron chi connectivity index (χ2n) is 31.7. The molecule has 6 aromatic carbocycles. The molecule has 0 aliphatic carbocycles. The first kappa shape index (κ1) is 82.4. The smallest absolute Gasteiger partial charge is 0.339 e. The number of hydrogen-bond acceptors (Lipinski definition) is 18. The number of aliphatic carboxylic acids is 4. The third-order valence-electron chi connectivity index (χ3n) is 18.0. The van der Waals surface area contributed by atoms with Crippen LogP contribution in [-0.4, -0.2) is 113 Å². The number of carboxylic acid groups (broad SMARTS) is 4. The van der Waals surface area contributed by atoms with Gasteiger partial charge in [0.25, 0.3) is 0 Å². The van der Waals surface area contributed by atoms with E-state index in [1.165, 1.54) is 28.2 Å². The van der Waals surface area contributed by atoms with Crippen LogP contribution in [0.5, 0.6) is 23.0 Å². The van der Waals surface area contributed by atoms with Crippen LogP contribution in [-0.2, 0) is 70.9 Å². The topological polar surface area (TPSA) is 267 Å². The molecule has 4 aliphatic rings. The maximum absolute atomic E-state index is 12.2. The standard InChI is InChI=1S/C25H26O4S.C24H25NO4S.C20H26N2O4.C19H23NO4S/c1-25(2,3)29-22(24(26)27)19-15-21(16-8-5-4-6-9-16)30-23(19)18-11-12-20-17(14-18)10-7-13-28-20;1-24(2,3)29-20(23(26)27)19-21(30-22(25-19)15-8-5-4-6-9-15)17-11-12-18-16(14-17)10-7-13-28-18;1-12-16(18(19(23)24)26-20(2,3)4)17(22(5)21-12)14-8-9-15-13(11-14)7-6-10-25-15;1-11-20-15(16(18(21)22)24-19(2,3)4)17(25-11)13-7-8-14-12(10-13)6-5-9-23-14/h4-6,8-9,11-12,14-15,22H,7,10,13H2,1-3H3,(H,26,27);4-6,8-9,11-12,14,20H,7,10,13H2,1-3H3,(H,26,27);8-9,11,18H,6-7,10H2,1-5H3,(H,23,24);7-8,10,16H,5-6,9H2,1-4H3,(H,21,22). The molecule has 0 bridgehead atoms. The molecule has 0 saturated carbocycles. The summed E-state index contributed by atoms with van der Waals surface area (Å²) in [6.45, 7) is 28.9. The first-order valence-corrected chi connectivity index (χ1v) is 39.9. The van der Waals surface area contributed by atoms with Crippen LogP contribution in [0.1, 0.15) is 189 Å². The molecule has 10 aromatic rings. The molecule has 0 amide bonds. The minimum atomic E-state index is -1.15. The Kier molecular flexibility index (Phi) is 26.0. The Morgan fingerprint density at radius 2 is 0.775 bits per heavy atom. The van der Waals surface area contributed by atoms with Gasteiger partial charge in [-0.25, -0.2) is 29.1 Å². The lowest BCUT2D eigenvalue weighted by Gasteiger charge is -2.26. The lowest BCUT2D eigenvalue weighted by atomic mass is 9.97. The van der Waals surface area contributed by atoms with Crippen LogP contribution < -0.4 is 18.9 Å². The molecule has 20 nitrogen and oxygen atoms in total. The van der Waals surface area contributed by atoms with E-state index in [2.05, 4.69) is 34.3 Å². The van der Waals surface area contributed by atoms with Gasteiger partial charge in [0.2, 0.25) is 0 Å². The average Bonchev–Trinajstić information content (AvgIpc) is 1.67. The zero-order valence-corrected chi connectivity index (χ0v) is 68.2. The summed E-state index contributed by atoms with van der Waals surface area (Å²) in [6.07, 6.45) is 3.43. The van der Waals surface area contributed by atoms with Crippen molar-refractivity contribution in [1.29, 1.82) is 0 Å². The van der Waals surface area contributed by atoms with E-state index in [9.17, 15) is 39.6 Å². The highest BCUT2D eigenvalue weighted by Gasteiger charge is 2.38. The van der Waals surface area contributed by atoms with E-state index >= 15 is 0 Å². The summed E-state index contributed by atoms with van der Waals surface area (Å²) in [5.74, 6) is -0.421. The molecule has 0 fully saturated rings. The van der Waals surface area contributed by atoms with Crippen molar-refractivity contribution < 1.29 is 77.5 Å². The van der Waals surface area contributed by atoms with Gasteiger partial charge in [-0.15, -0.1) is 34.0 Å². The molecule has 4 unspecified atom stereocenters. The first-order valence-electron chi connectivity index (χ1n) is 37.5. The molecule has 4 atom stereocenters. The van der Waals surface area contributed by atoms with Crippen molar-refractivity contribution in [2.45, 2.75) is 195 Å². The maximum Gasteiger partial charge on any atom is 0.339 e. The highest BCUT2D eigenvalue weighted by Crippen LogP contribution is 2.47. The van der Waals surface area contributed by atoms with E-state index in [1.807, 2.05) is 219 Å². The summed E-state index contributed by atoms with van der Waals surface area (Å²) in [7, 11) is 1.83. The lowest BCUT2D eigenvalue weighted by Crippen LogP contribution is -2.28. The molecule has 14 rings (SSSR count). The summed E-state index contributed by atoms with van der Waals surface area (Å²) in [4.78, 5) is 61.0. The number of aryl methyl sites for hydroxylation is 7. The quantitative estimate of drug-likeness (QED) is 0.0622. The van der Waals surface area contributed by atoms with Crippen molar-refractivity contribution in [3.8, 4) is 86.6 Å². The number of hydrogen-bond donors (Lipinski definition) is 4. The number of fused-ring (bicyclic) bond motifs is 4. The predicted molar refractivity (Wildman–Crippen MR) is 434 cm³/mol. The minimum absolute atomic E-state index is 0.443. The first-order chi connectivity index (χ1) is 52.5. The summed E-state index contributed by atoms with van der Waals surface area (Å²) >= 11 is 4.59. The van der Waals surface area contributed by atoms with Crippen LogP contribution in [0.2, 0.25) is 0 Å². The highest BCUT2D eigenvalue weighted by molar-refractivity contribution is 7.19. The van der Waals surface area contributed by atoms with Crippen LogP contribution >= 0.6 is 34.0 Å². The van der Waals surface area contributed by atoms with Crippen molar-refractivity contribution in [3.63, 3.8) is 0 Å². The molecule has 111 heavy (non-hydrogen) atoms. The Balaban J connectivity index is 0.000000147. The Bertz CT molecular complexity index is 4780. The predicted octanol–water partition coefficient (Wildman–Crippen LogP) is 20.1. The van der Waals surface area contributed by atoms with Crippen molar-refractivity contribution in [1.82, 2.24) is 19.7 Å². The van der Waals surface area contributed by atoms with Gasteiger partial charge >= 0.3 is 23.9 Å². The van der Waals surface area contributed by atoms with Gasteiger partial charge in [0.05, 0.1) is 80.7 Å². The van der Waals surface area contributed by atoms with Gasteiger partial charge in [0.15, 0.2) is 24.4 Å². The average molecular weight is 1570 g/mol. The zero-order valence-electron chi connectivity index (χ0n) is 65.8. The normalized spacial score (nSPS) is 14.9. The van der Waals surface area contributed by atoms with E-state index < -0.39 is 70.7 Å². The summed E-state index contributed by atoms with van der Waals surface area (Å²) in [5, 5.41) is 45.5. The molecule has 8 heterocycles. The zero-order chi connectivity index (χ0) is 79.9. The Morgan fingerprint density at radius 1 is 0.414 bits per heavy atom. The molecule has 586 valence electrons. The monoisotopic (exact) mass is 1560 g/mol. The fourth-order valence-electron chi connectivity index (χ4n) is 13.5. The van der Waals surface area contributed by atoms with E-state index in [-0.39, 0.29) is 0 Å². The van der Waals surface area contributed by atoms with E-state index in [0.717, 1.165) is 186 Å². The van der Waals surface area contributed by atoms with Crippen LogP contribution in [0.3, 0.4) is 0 Å². The van der Waals surface area contributed by atoms with Crippen LogP contribution in [0.15, 0.2) is 140 Å². The summed E-state index contributed by atoms with van der Waals surface area (Å²) < 4.78 is 48.2. The van der Waals surface area contributed by atoms with Crippen molar-refractivity contribution >= 4 is 57.9 Å². The fraction of sp³-hybridized carbons (Fsp3) is 0.398. The number of benzene rings is 6. The second kappa shape index (κ2) is 35.0. The van der Waals surface area contributed by atoms with Gasteiger partial charge in [-0.2, -0.15) is 5.10 Å². The molecule has 23 heteroatoms. The molecule has 4 aliphatic heterocycles. The molecule has 4 aromatic heterocycles.